The van der Waals surface area contributed by atoms with Gasteiger partial charge >= 0.3 is 0 Å². The zero-order valence-electron chi connectivity index (χ0n) is 29.3. The van der Waals surface area contributed by atoms with Gasteiger partial charge in [-0.15, -0.1) is 11.3 Å². The Morgan fingerprint density at radius 2 is 1.20 bits per heavy atom. The molecule has 12 rings (SSSR count). The van der Waals surface area contributed by atoms with Gasteiger partial charge in [0.25, 0.3) is 0 Å². The average molecular weight is 724 g/mol. The minimum atomic E-state index is 0.590. The van der Waals surface area contributed by atoms with E-state index in [9.17, 15) is 0 Å². The Morgan fingerprint density at radius 3 is 2.07 bits per heavy atom. The second kappa shape index (κ2) is 11.7. The molecular formula is C49H29N3O2S. The summed E-state index contributed by atoms with van der Waals surface area (Å²) in [5.74, 6) is 0.590. The third kappa shape index (κ3) is 4.49. The van der Waals surface area contributed by atoms with Crippen LogP contribution in [-0.2, 0) is 0 Å². The van der Waals surface area contributed by atoms with E-state index in [1.807, 2.05) is 53.8 Å². The molecule has 0 N–H and O–H groups in total. The minimum absolute atomic E-state index is 0.590. The van der Waals surface area contributed by atoms with Gasteiger partial charge in [0.1, 0.15) is 11.1 Å². The van der Waals surface area contributed by atoms with Crippen molar-refractivity contribution in [2.75, 3.05) is 4.90 Å². The van der Waals surface area contributed by atoms with Crippen molar-refractivity contribution >= 4 is 103 Å². The van der Waals surface area contributed by atoms with Crippen LogP contribution < -0.4 is 4.90 Å². The van der Waals surface area contributed by atoms with Gasteiger partial charge < -0.3 is 18.3 Å². The van der Waals surface area contributed by atoms with Crippen molar-refractivity contribution in [2.45, 2.75) is 0 Å². The number of benzene rings is 8. The highest BCUT2D eigenvalue weighted by molar-refractivity contribution is 7.25. The Balaban J connectivity index is 1.18. The molecule has 0 radical (unpaired) electrons. The second-order valence-corrected chi connectivity index (χ2v) is 15.0. The largest absolute Gasteiger partial charge is 0.454 e. The smallest absolute Gasteiger partial charge is 0.227 e. The number of aromatic nitrogens is 2. The first kappa shape index (κ1) is 30.3. The van der Waals surface area contributed by atoms with E-state index in [0.717, 1.165) is 72.4 Å². The van der Waals surface area contributed by atoms with Gasteiger partial charge in [0.2, 0.25) is 5.89 Å². The maximum absolute atomic E-state index is 6.92. The van der Waals surface area contributed by atoms with E-state index in [1.54, 1.807) is 0 Å². The van der Waals surface area contributed by atoms with Crippen LogP contribution in [-0.4, -0.2) is 9.55 Å². The molecular weight excluding hydrogens is 695 g/mol. The standard InChI is InChI=1S/C49H29N3O2S/c1-3-13-30(14-4-1)49-50-46-42(54-49)28-27-41-45(46)37-20-12-23-40(48(37)53-41)51(32-25-26-35-34-18-8-10-24-43(34)55-44(35)29-32)39-22-11-19-36-33-17-7-9-21-38(33)52(47(36)39)31-15-5-2-6-16-31/h1-29H. The Labute approximate surface area is 318 Å². The fourth-order valence-corrected chi connectivity index (χ4v) is 9.57. The van der Waals surface area contributed by atoms with Crippen LogP contribution in [0, 0.1) is 0 Å². The number of para-hydroxylation sites is 4. The number of fused-ring (bicyclic) bond motifs is 11. The summed E-state index contributed by atoms with van der Waals surface area (Å²) >= 11 is 1.83. The minimum Gasteiger partial charge on any atom is -0.454 e. The van der Waals surface area contributed by atoms with Crippen molar-refractivity contribution in [3.63, 3.8) is 0 Å². The quantitative estimate of drug-likeness (QED) is 0.177. The van der Waals surface area contributed by atoms with E-state index in [4.69, 9.17) is 13.8 Å². The number of anilines is 3. The van der Waals surface area contributed by atoms with E-state index in [0.29, 0.717) is 5.89 Å². The van der Waals surface area contributed by atoms with Gasteiger partial charge in [-0.05, 0) is 72.8 Å². The van der Waals surface area contributed by atoms with Crippen molar-refractivity contribution in [2.24, 2.45) is 0 Å². The van der Waals surface area contributed by atoms with Gasteiger partial charge in [-0.2, -0.15) is 0 Å². The first-order chi connectivity index (χ1) is 27.3. The zero-order chi connectivity index (χ0) is 36.0. The molecule has 0 spiro atoms. The van der Waals surface area contributed by atoms with Gasteiger partial charge in [0.05, 0.1) is 27.8 Å². The molecule has 5 nitrogen and oxygen atoms in total. The highest BCUT2D eigenvalue weighted by Gasteiger charge is 2.26. The topological polar surface area (TPSA) is 47.3 Å². The summed E-state index contributed by atoms with van der Waals surface area (Å²) in [6.45, 7) is 0. The van der Waals surface area contributed by atoms with Crippen LogP contribution in [0.15, 0.2) is 185 Å². The second-order valence-electron chi connectivity index (χ2n) is 13.9. The molecule has 258 valence electrons. The van der Waals surface area contributed by atoms with Crippen LogP contribution in [0.1, 0.15) is 0 Å². The number of oxazole rings is 1. The van der Waals surface area contributed by atoms with Crippen molar-refractivity contribution < 1.29 is 8.83 Å². The Kier molecular flexibility index (Phi) is 6.44. The Bertz CT molecular complexity index is 3450. The van der Waals surface area contributed by atoms with Gasteiger partial charge in [0.15, 0.2) is 11.2 Å². The monoisotopic (exact) mass is 723 g/mol. The lowest BCUT2D eigenvalue weighted by Gasteiger charge is -2.27. The maximum atomic E-state index is 6.92. The van der Waals surface area contributed by atoms with Gasteiger partial charge in [-0.3, -0.25) is 0 Å². The highest BCUT2D eigenvalue weighted by atomic mass is 32.1. The summed E-state index contributed by atoms with van der Waals surface area (Å²) in [6, 6.07) is 61.9. The van der Waals surface area contributed by atoms with Crippen LogP contribution in [0.25, 0.3) is 92.2 Å². The lowest BCUT2D eigenvalue weighted by molar-refractivity contribution is 0.619. The molecule has 0 aliphatic carbocycles. The van der Waals surface area contributed by atoms with Crippen molar-refractivity contribution in [3.8, 4) is 17.1 Å². The van der Waals surface area contributed by atoms with E-state index in [2.05, 4.69) is 143 Å². The maximum Gasteiger partial charge on any atom is 0.227 e. The summed E-state index contributed by atoms with van der Waals surface area (Å²) in [5, 5.41) is 6.84. The molecule has 0 aliphatic heterocycles. The Morgan fingerprint density at radius 1 is 0.509 bits per heavy atom. The van der Waals surface area contributed by atoms with E-state index < -0.39 is 0 Å². The predicted molar refractivity (Wildman–Crippen MR) is 229 cm³/mol. The molecule has 4 heterocycles. The summed E-state index contributed by atoms with van der Waals surface area (Å²) in [6.07, 6.45) is 0. The molecule has 8 aromatic carbocycles. The summed E-state index contributed by atoms with van der Waals surface area (Å²) in [4.78, 5) is 7.43. The zero-order valence-corrected chi connectivity index (χ0v) is 30.1. The van der Waals surface area contributed by atoms with Gasteiger partial charge in [-0.25, -0.2) is 4.98 Å². The molecule has 0 fully saturated rings. The van der Waals surface area contributed by atoms with E-state index in [-0.39, 0.29) is 0 Å². The van der Waals surface area contributed by atoms with Gasteiger partial charge in [0, 0.05) is 53.3 Å². The molecule has 4 aromatic heterocycles. The van der Waals surface area contributed by atoms with Crippen LogP contribution in [0.5, 0.6) is 0 Å². The number of hydrogen-bond acceptors (Lipinski definition) is 5. The summed E-state index contributed by atoms with van der Waals surface area (Å²) in [5.41, 5.74) is 10.4. The molecule has 0 atom stereocenters. The fraction of sp³-hybridized carbons (Fsp3) is 0. The summed E-state index contributed by atoms with van der Waals surface area (Å²) < 4.78 is 18.2. The SMILES string of the molecule is c1ccc(-c2nc3c(ccc4oc5c(N(c6ccc7c(c6)sc6ccccc67)c6cccc7c8ccccc8n(-c8ccccc8)c67)cccc5c43)o2)cc1. The predicted octanol–water partition coefficient (Wildman–Crippen LogP) is 14.3. The molecule has 0 unspecified atom stereocenters. The first-order valence-corrected chi connectivity index (χ1v) is 19.2. The lowest BCUT2D eigenvalue weighted by atomic mass is 10.1. The molecule has 55 heavy (non-hydrogen) atoms. The molecule has 6 heteroatoms. The number of hydrogen-bond donors (Lipinski definition) is 0. The van der Waals surface area contributed by atoms with E-state index in [1.165, 1.54) is 30.9 Å². The third-order valence-corrected chi connectivity index (χ3v) is 11.9. The molecule has 0 aliphatic rings. The number of furan rings is 1. The number of nitrogens with zero attached hydrogens (tertiary/aromatic N) is 3. The number of thiophene rings is 1. The van der Waals surface area contributed by atoms with Crippen LogP contribution in [0.4, 0.5) is 17.1 Å². The molecule has 0 bridgehead atoms. The molecule has 12 aromatic rings. The first-order valence-electron chi connectivity index (χ1n) is 18.4. The highest BCUT2D eigenvalue weighted by Crippen LogP contribution is 2.48. The van der Waals surface area contributed by atoms with Crippen molar-refractivity contribution in [1.82, 2.24) is 9.55 Å². The van der Waals surface area contributed by atoms with Crippen LogP contribution in [0.2, 0.25) is 0 Å². The van der Waals surface area contributed by atoms with Gasteiger partial charge in [-0.1, -0.05) is 103 Å². The van der Waals surface area contributed by atoms with Crippen molar-refractivity contribution in [3.05, 3.63) is 176 Å². The van der Waals surface area contributed by atoms with E-state index >= 15 is 0 Å². The lowest BCUT2D eigenvalue weighted by Crippen LogP contribution is -2.12. The Hall–Kier alpha value is -7.15. The number of rotatable bonds is 5. The normalized spacial score (nSPS) is 12.0. The van der Waals surface area contributed by atoms with Crippen LogP contribution in [0.3, 0.4) is 0 Å². The molecule has 0 saturated carbocycles. The average Bonchev–Trinajstić information content (AvgIpc) is 4.02. The van der Waals surface area contributed by atoms with Crippen molar-refractivity contribution in [1.29, 1.82) is 0 Å². The molecule has 0 amide bonds. The summed E-state index contributed by atoms with van der Waals surface area (Å²) in [7, 11) is 0. The molecule has 0 saturated heterocycles. The van der Waals surface area contributed by atoms with Crippen LogP contribution >= 0.6 is 11.3 Å². The third-order valence-electron chi connectivity index (χ3n) is 10.8. The fourth-order valence-electron chi connectivity index (χ4n) is 8.43.